The molecule has 21 heavy (non-hydrogen) atoms. The quantitative estimate of drug-likeness (QED) is 0.829. The summed E-state index contributed by atoms with van der Waals surface area (Å²) in [6.07, 6.45) is 3.19. The second-order valence-corrected chi connectivity index (χ2v) is 5.97. The first kappa shape index (κ1) is 14.1. The summed E-state index contributed by atoms with van der Waals surface area (Å²) in [5.41, 5.74) is 2.04. The van der Waals surface area contributed by atoms with Crippen molar-refractivity contribution >= 4 is 23.4 Å². The van der Waals surface area contributed by atoms with Gasteiger partial charge < -0.3 is 5.32 Å². The molecule has 1 saturated carbocycles. The lowest BCUT2D eigenvalue weighted by Gasteiger charge is -2.06. The molecule has 0 radical (unpaired) electrons. The molecule has 1 aliphatic rings. The van der Waals surface area contributed by atoms with Crippen LogP contribution in [-0.4, -0.2) is 31.9 Å². The largest absolute Gasteiger partial charge is 0.325 e. The van der Waals surface area contributed by atoms with E-state index in [2.05, 4.69) is 27.8 Å². The number of nitrogens with one attached hydrogen (secondary N) is 1. The standard InChI is InChI=1S/C14H17N5OS/c1-2-10-4-3-5-11(8-10)15-13(20)9-21-14-16-17-18-19(14)12-6-7-12/h3-5,8,12H,2,6-7,9H2,1H3,(H,15,20). The molecule has 7 heteroatoms. The van der Waals surface area contributed by atoms with E-state index in [1.54, 1.807) is 0 Å². The second-order valence-electron chi connectivity index (χ2n) is 5.03. The van der Waals surface area contributed by atoms with Crippen molar-refractivity contribution in [3.8, 4) is 0 Å². The Hall–Kier alpha value is -1.89. The van der Waals surface area contributed by atoms with Gasteiger partial charge in [0.1, 0.15) is 0 Å². The number of nitrogens with zero attached hydrogens (tertiary/aromatic N) is 4. The van der Waals surface area contributed by atoms with Gasteiger partial charge >= 0.3 is 0 Å². The second kappa shape index (κ2) is 6.26. The summed E-state index contributed by atoms with van der Waals surface area (Å²) in [5.74, 6) is 0.266. The number of thioether (sulfide) groups is 1. The van der Waals surface area contributed by atoms with Crippen molar-refractivity contribution in [1.29, 1.82) is 0 Å². The van der Waals surface area contributed by atoms with Gasteiger partial charge in [-0.2, -0.15) is 0 Å². The molecule has 0 aliphatic heterocycles. The van der Waals surface area contributed by atoms with E-state index in [4.69, 9.17) is 0 Å². The Morgan fingerprint density at radius 3 is 3.10 bits per heavy atom. The minimum Gasteiger partial charge on any atom is -0.325 e. The lowest BCUT2D eigenvalue weighted by Crippen LogP contribution is -2.14. The molecule has 1 aromatic heterocycles. The molecule has 1 aliphatic carbocycles. The predicted molar refractivity (Wildman–Crippen MR) is 81.3 cm³/mol. The molecule has 0 saturated heterocycles. The molecule has 1 N–H and O–H groups in total. The fourth-order valence-electron chi connectivity index (χ4n) is 2.02. The topological polar surface area (TPSA) is 72.7 Å². The summed E-state index contributed by atoms with van der Waals surface area (Å²) in [7, 11) is 0. The Balaban J connectivity index is 1.55. The van der Waals surface area contributed by atoms with Gasteiger partial charge in [-0.1, -0.05) is 30.8 Å². The maximum atomic E-state index is 12.0. The molecule has 0 unspecified atom stereocenters. The number of aromatic nitrogens is 4. The summed E-state index contributed by atoms with van der Waals surface area (Å²) in [6.45, 7) is 2.09. The summed E-state index contributed by atoms with van der Waals surface area (Å²) in [5, 5.41) is 15.2. The van der Waals surface area contributed by atoms with Crippen LogP contribution in [0.25, 0.3) is 0 Å². The smallest absolute Gasteiger partial charge is 0.234 e. The first-order valence-electron chi connectivity index (χ1n) is 7.05. The molecule has 1 amide bonds. The summed E-state index contributed by atoms with van der Waals surface area (Å²) in [6, 6.07) is 8.32. The number of hydrogen-bond acceptors (Lipinski definition) is 5. The zero-order valence-corrected chi connectivity index (χ0v) is 12.6. The van der Waals surface area contributed by atoms with E-state index in [-0.39, 0.29) is 5.91 Å². The molecule has 6 nitrogen and oxygen atoms in total. The molecule has 1 aromatic carbocycles. The highest BCUT2D eigenvalue weighted by molar-refractivity contribution is 7.99. The number of aryl methyl sites for hydroxylation is 1. The molecule has 2 aromatic rings. The Labute approximate surface area is 127 Å². The summed E-state index contributed by atoms with van der Waals surface area (Å²) in [4.78, 5) is 12.0. The van der Waals surface area contributed by atoms with Crippen molar-refractivity contribution in [2.24, 2.45) is 0 Å². The lowest BCUT2D eigenvalue weighted by atomic mass is 10.1. The Bertz CT molecular complexity index is 638. The van der Waals surface area contributed by atoms with Crippen LogP contribution in [0.2, 0.25) is 0 Å². The number of carbonyl (C=O) groups excluding carboxylic acids is 1. The molecule has 3 rings (SSSR count). The van der Waals surface area contributed by atoms with Crippen LogP contribution in [-0.2, 0) is 11.2 Å². The number of rotatable bonds is 6. The number of tetrazole rings is 1. The van der Waals surface area contributed by atoms with E-state index in [0.29, 0.717) is 11.8 Å². The monoisotopic (exact) mass is 303 g/mol. The van der Waals surface area contributed by atoms with Crippen LogP contribution in [0.15, 0.2) is 29.4 Å². The highest BCUT2D eigenvalue weighted by atomic mass is 32.2. The molecule has 110 valence electrons. The van der Waals surface area contributed by atoms with Gasteiger partial charge in [0.25, 0.3) is 0 Å². The van der Waals surface area contributed by atoms with Crippen molar-refractivity contribution in [3.05, 3.63) is 29.8 Å². The number of amides is 1. The number of benzene rings is 1. The number of carbonyl (C=O) groups is 1. The highest BCUT2D eigenvalue weighted by Gasteiger charge is 2.28. The van der Waals surface area contributed by atoms with Crippen molar-refractivity contribution in [2.75, 3.05) is 11.1 Å². The van der Waals surface area contributed by atoms with Crippen LogP contribution >= 0.6 is 11.8 Å². The molecule has 0 bridgehead atoms. The van der Waals surface area contributed by atoms with Gasteiger partial charge in [-0.15, -0.1) is 5.10 Å². The van der Waals surface area contributed by atoms with Crippen LogP contribution < -0.4 is 5.32 Å². The van der Waals surface area contributed by atoms with E-state index < -0.39 is 0 Å². The Morgan fingerprint density at radius 2 is 2.33 bits per heavy atom. The van der Waals surface area contributed by atoms with Crippen molar-refractivity contribution in [3.63, 3.8) is 0 Å². The number of anilines is 1. The highest BCUT2D eigenvalue weighted by Crippen LogP contribution is 2.36. The van der Waals surface area contributed by atoms with E-state index in [9.17, 15) is 4.79 Å². The maximum Gasteiger partial charge on any atom is 0.234 e. The fourth-order valence-corrected chi connectivity index (χ4v) is 2.77. The van der Waals surface area contributed by atoms with Gasteiger partial charge in [-0.25, -0.2) is 4.68 Å². The van der Waals surface area contributed by atoms with Crippen LogP contribution in [0, 0.1) is 0 Å². The zero-order valence-electron chi connectivity index (χ0n) is 11.8. The molecule has 1 fully saturated rings. The third-order valence-corrected chi connectivity index (χ3v) is 4.24. The fraction of sp³-hybridized carbons (Fsp3) is 0.429. The molecular formula is C14H17N5OS. The van der Waals surface area contributed by atoms with E-state index in [1.165, 1.54) is 17.3 Å². The van der Waals surface area contributed by atoms with Crippen LogP contribution in [0.3, 0.4) is 0 Å². The summed E-state index contributed by atoms with van der Waals surface area (Å²) >= 11 is 1.37. The van der Waals surface area contributed by atoms with Gasteiger partial charge in [-0.05, 0) is 47.4 Å². The minimum absolute atomic E-state index is 0.0430. The van der Waals surface area contributed by atoms with Gasteiger partial charge in [0.2, 0.25) is 11.1 Å². The van der Waals surface area contributed by atoms with E-state index in [0.717, 1.165) is 30.1 Å². The van der Waals surface area contributed by atoms with Gasteiger partial charge in [0, 0.05) is 5.69 Å². The van der Waals surface area contributed by atoms with Crippen molar-refractivity contribution in [2.45, 2.75) is 37.4 Å². The molecule has 0 atom stereocenters. The zero-order chi connectivity index (χ0) is 14.7. The van der Waals surface area contributed by atoms with E-state index >= 15 is 0 Å². The average molecular weight is 303 g/mol. The molecule has 1 heterocycles. The third-order valence-electron chi connectivity index (χ3n) is 3.31. The molecule has 0 spiro atoms. The third kappa shape index (κ3) is 3.60. The normalized spacial score (nSPS) is 14.1. The van der Waals surface area contributed by atoms with Crippen LogP contribution in [0.1, 0.15) is 31.4 Å². The maximum absolute atomic E-state index is 12.0. The van der Waals surface area contributed by atoms with Crippen molar-refractivity contribution < 1.29 is 4.79 Å². The number of hydrogen-bond donors (Lipinski definition) is 1. The summed E-state index contributed by atoms with van der Waals surface area (Å²) < 4.78 is 1.82. The average Bonchev–Trinajstić information content (AvgIpc) is 3.24. The Kier molecular flexibility index (Phi) is 4.19. The first-order valence-corrected chi connectivity index (χ1v) is 8.04. The van der Waals surface area contributed by atoms with Crippen LogP contribution in [0.4, 0.5) is 5.69 Å². The minimum atomic E-state index is -0.0430. The Morgan fingerprint density at radius 1 is 1.48 bits per heavy atom. The lowest BCUT2D eigenvalue weighted by molar-refractivity contribution is -0.113. The van der Waals surface area contributed by atoms with Gasteiger partial charge in [0.15, 0.2) is 0 Å². The van der Waals surface area contributed by atoms with Gasteiger partial charge in [-0.3, -0.25) is 4.79 Å². The first-order chi connectivity index (χ1) is 10.3. The van der Waals surface area contributed by atoms with Crippen molar-refractivity contribution in [1.82, 2.24) is 20.2 Å². The van der Waals surface area contributed by atoms with Gasteiger partial charge in [0.05, 0.1) is 11.8 Å². The van der Waals surface area contributed by atoms with Crippen LogP contribution in [0.5, 0.6) is 0 Å². The SMILES string of the molecule is CCc1cccc(NC(=O)CSc2nnnn2C2CC2)c1. The predicted octanol–water partition coefficient (Wildman–Crippen LogP) is 2.30. The molecular weight excluding hydrogens is 286 g/mol. The van der Waals surface area contributed by atoms with E-state index in [1.807, 2.05) is 28.9 Å².